The van der Waals surface area contributed by atoms with Crippen molar-refractivity contribution in [3.05, 3.63) is 65.2 Å². The van der Waals surface area contributed by atoms with Gasteiger partial charge in [0.25, 0.3) is 5.91 Å². The van der Waals surface area contributed by atoms with Crippen molar-refractivity contribution in [1.29, 1.82) is 0 Å². The van der Waals surface area contributed by atoms with E-state index in [-0.39, 0.29) is 17.7 Å². The van der Waals surface area contributed by atoms with E-state index in [9.17, 15) is 9.59 Å². The number of nitrogens with zero attached hydrogens (tertiary/aromatic N) is 2. The summed E-state index contributed by atoms with van der Waals surface area (Å²) in [7, 11) is 0. The average Bonchev–Trinajstić information content (AvgIpc) is 2.81. The van der Waals surface area contributed by atoms with E-state index >= 15 is 0 Å². The van der Waals surface area contributed by atoms with Gasteiger partial charge in [-0.1, -0.05) is 36.8 Å². The van der Waals surface area contributed by atoms with Crippen LogP contribution in [0.15, 0.2) is 48.5 Å². The van der Waals surface area contributed by atoms with Gasteiger partial charge in [0.15, 0.2) is 0 Å². The maximum atomic E-state index is 12.9. The second-order valence-electron chi connectivity index (χ2n) is 9.60. The molecule has 2 amide bonds. The van der Waals surface area contributed by atoms with Crippen molar-refractivity contribution in [1.82, 2.24) is 9.80 Å². The minimum Gasteiger partial charge on any atom is -0.338 e. The van der Waals surface area contributed by atoms with E-state index in [0.717, 1.165) is 36.6 Å². The molecule has 2 saturated heterocycles. The van der Waals surface area contributed by atoms with Crippen molar-refractivity contribution in [2.24, 2.45) is 11.8 Å². The minimum atomic E-state index is -0.174. The smallest absolute Gasteiger partial charge is 0.253 e. The van der Waals surface area contributed by atoms with Crippen LogP contribution in [0.3, 0.4) is 0 Å². The Bertz CT molecular complexity index is 932. The first kappa shape index (κ1) is 22.5. The van der Waals surface area contributed by atoms with Crippen LogP contribution in [0.1, 0.15) is 54.1 Å². The quantitative estimate of drug-likeness (QED) is 0.742. The molecule has 32 heavy (non-hydrogen) atoms. The number of piperidine rings is 2. The fourth-order valence-corrected chi connectivity index (χ4v) is 4.75. The first-order valence-electron chi connectivity index (χ1n) is 12.0. The van der Waals surface area contributed by atoms with Gasteiger partial charge in [-0.3, -0.25) is 14.5 Å². The molecule has 1 atom stereocenters. The average molecular weight is 434 g/mol. The molecular formula is C27H35N3O2. The van der Waals surface area contributed by atoms with Gasteiger partial charge in [0.2, 0.25) is 5.91 Å². The molecule has 2 heterocycles. The van der Waals surface area contributed by atoms with Gasteiger partial charge in [-0.05, 0) is 81.4 Å². The maximum absolute atomic E-state index is 12.9. The van der Waals surface area contributed by atoms with Crippen LogP contribution in [0.2, 0.25) is 0 Å². The highest BCUT2D eigenvalue weighted by molar-refractivity contribution is 5.96. The molecule has 5 nitrogen and oxygen atoms in total. The van der Waals surface area contributed by atoms with E-state index in [1.54, 1.807) is 0 Å². The van der Waals surface area contributed by atoms with Gasteiger partial charge in [0.1, 0.15) is 0 Å². The van der Waals surface area contributed by atoms with Gasteiger partial charge < -0.3 is 10.2 Å². The summed E-state index contributed by atoms with van der Waals surface area (Å²) in [6.45, 7) is 8.81. The lowest BCUT2D eigenvalue weighted by Crippen LogP contribution is -2.43. The summed E-state index contributed by atoms with van der Waals surface area (Å²) in [5.41, 5.74) is 3.88. The summed E-state index contributed by atoms with van der Waals surface area (Å²) in [6.07, 6.45) is 4.22. The first-order valence-corrected chi connectivity index (χ1v) is 12.0. The van der Waals surface area contributed by atoms with Crippen molar-refractivity contribution in [2.45, 2.75) is 46.1 Å². The molecule has 5 heteroatoms. The number of carbonyl (C=O) groups excluding carboxylic acids is 2. The number of hydrogen-bond acceptors (Lipinski definition) is 3. The number of rotatable bonds is 5. The van der Waals surface area contributed by atoms with E-state index in [1.165, 1.54) is 31.5 Å². The molecule has 0 radical (unpaired) electrons. The fraction of sp³-hybridized carbons (Fsp3) is 0.481. The number of aryl methyl sites for hydroxylation is 1. The zero-order chi connectivity index (χ0) is 22.5. The molecule has 0 spiro atoms. The molecule has 0 bridgehead atoms. The number of likely N-dealkylation sites (tertiary alicyclic amines) is 2. The highest BCUT2D eigenvalue weighted by Gasteiger charge is 2.29. The number of hydrogen-bond donors (Lipinski definition) is 1. The Balaban J connectivity index is 1.30. The Morgan fingerprint density at radius 3 is 2.47 bits per heavy atom. The summed E-state index contributed by atoms with van der Waals surface area (Å²) in [4.78, 5) is 30.1. The standard InChI is InChI=1S/C27H35N3O2/c1-20-12-15-29(16-13-20)18-22-8-10-25(11-9-22)28-26(31)24-7-4-14-30(19-24)27(32)23-6-3-5-21(2)17-23/h3,5-6,8-11,17,20,24H,4,7,12-16,18-19H2,1-2H3,(H,28,31). The lowest BCUT2D eigenvalue weighted by molar-refractivity contribution is -0.121. The molecule has 2 fully saturated rings. The third kappa shape index (κ3) is 5.77. The zero-order valence-corrected chi connectivity index (χ0v) is 19.3. The molecule has 4 rings (SSSR count). The Morgan fingerprint density at radius 2 is 1.75 bits per heavy atom. The van der Waals surface area contributed by atoms with Crippen LogP contribution >= 0.6 is 0 Å². The second-order valence-corrected chi connectivity index (χ2v) is 9.60. The van der Waals surface area contributed by atoms with Crippen LogP contribution < -0.4 is 5.32 Å². The number of nitrogens with one attached hydrogen (secondary N) is 1. The van der Waals surface area contributed by atoms with Gasteiger partial charge in [-0.25, -0.2) is 0 Å². The second kappa shape index (κ2) is 10.3. The van der Waals surface area contributed by atoms with Crippen molar-refractivity contribution in [3.8, 4) is 0 Å². The molecule has 0 saturated carbocycles. The molecule has 2 aliphatic rings. The van der Waals surface area contributed by atoms with Crippen LogP contribution in [0.4, 0.5) is 5.69 Å². The first-order chi connectivity index (χ1) is 15.5. The third-order valence-electron chi connectivity index (χ3n) is 6.85. The van der Waals surface area contributed by atoms with Crippen LogP contribution in [-0.2, 0) is 11.3 Å². The van der Waals surface area contributed by atoms with Crippen LogP contribution in [-0.4, -0.2) is 47.8 Å². The number of benzene rings is 2. The summed E-state index contributed by atoms with van der Waals surface area (Å²) < 4.78 is 0. The lowest BCUT2D eigenvalue weighted by Gasteiger charge is -2.32. The Labute approximate surface area is 191 Å². The van der Waals surface area contributed by atoms with Gasteiger partial charge in [-0.2, -0.15) is 0 Å². The summed E-state index contributed by atoms with van der Waals surface area (Å²) >= 11 is 0. The highest BCUT2D eigenvalue weighted by Crippen LogP contribution is 2.22. The van der Waals surface area contributed by atoms with Crippen molar-refractivity contribution >= 4 is 17.5 Å². The number of amides is 2. The molecule has 2 aromatic carbocycles. The van der Waals surface area contributed by atoms with Gasteiger partial charge >= 0.3 is 0 Å². The summed E-state index contributed by atoms with van der Waals surface area (Å²) in [5.74, 6) is 0.686. The summed E-state index contributed by atoms with van der Waals surface area (Å²) in [6, 6.07) is 15.9. The molecule has 170 valence electrons. The van der Waals surface area contributed by atoms with Gasteiger partial charge in [0.05, 0.1) is 5.92 Å². The molecule has 1 N–H and O–H groups in total. The van der Waals surface area contributed by atoms with E-state index in [0.29, 0.717) is 18.7 Å². The predicted molar refractivity (Wildman–Crippen MR) is 129 cm³/mol. The number of carbonyl (C=O) groups is 2. The van der Waals surface area contributed by atoms with E-state index in [2.05, 4.69) is 29.3 Å². The molecular weight excluding hydrogens is 398 g/mol. The predicted octanol–water partition coefficient (Wildman–Crippen LogP) is 4.72. The molecule has 2 aromatic rings. The van der Waals surface area contributed by atoms with Crippen LogP contribution in [0.25, 0.3) is 0 Å². The Kier molecular flexibility index (Phi) is 7.26. The largest absolute Gasteiger partial charge is 0.338 e. The van der Waals surface area contributed by atoms with E-state index in [1.807, 2.05) is 48.2 Å². The normalized spacial score (nSPS) is 20.2. The SMILES string of the molecule is Cc1cccc(C(=O)N2CCCC(C(=O)Nc3ccc(CN4CCC(C)CC4)cc3)C2)c1. The highest BCUT2D eigenvalue weighted by atomic mass is 16.2. The van der Waals surface area contributed by atoms with Crippen LogP contribution in [0.5, 0.6) is 0 Å². The molecule has 0 aromatic heterocycles. The topological polar surface area (TPSA) is 52.7 Å². The molecule has 0 aliphatic carbocycles. The van der Waals surface area contributed by atoms with Crippen molar-refractivity contribution in [3.63, 3.8) is 0 Å². The Morgan fingerprint density at radius 1 is 1.00 bits per heavy atom. The third-order valence-corrected chi connectivity index (χ3v) is 6.85. The monoisotopic (exact) mass is 433 g/mol. The fourth-order valence-electron chi connectivity index (χ4n) is 4.75. The Hall–Kier alpha value is -2.66. The number of anilines is 1. The van der Waals surface area contributed by atoms with E-state index in [4.69, 9.17) is 0 Å². The minimum absolute atomic E-state index is 0.00418. The molecule has 1 unspecified atom stereocenters. The van der Waals surface area contributed by atoms with Gasteiger partial charge in [0, 0.05) is 30.9 Å². The zero-order valence-electron chi connectivity index (χ0n) is 19.3. The van der Waals surface area contributed by atoms with Crippen molar-refractivity contribution in [2.75, 3.05) is 31.5 Å². The van der Waals surface area contributed by atoms with Gasteiger partial charge in [-0.15, -0.1) is 0 Å². The van der Waals surface area contributed by atoms with Crippen molar-refractivity contribution < 1.29 is 9.59 Å². The van der Waals surface area contributed by atoms with Crippen LogP contribution in [0, 0.1) is 18.8 Å². The van der Waals surface area contributed by atoms with E-state index < -0.39 is 0 Å². The summed E-state index contributed by atoms with van der Waals surface area (Å²) in [5, 5.41) is 3.07. The lowest BCUT2D eigenvalue weighted by atomic mass is 9.96. The maximum Gasteiger partial charge on any atom is 0.253 e. The molecule has 2 aliphatic heterocycles.